The van der Waals surface area contributed by atoms with E-state index >= 15 is 0 Å². The summed E-state index contributed by atoms with van der Waals surface area (Å²) in [5, 5.41) is 2.29. The molecule has 32 heavy (non-hydrogen) atoms. The van der Waals surface area contributed by atoms with Crippen LogP contribution in [0.5, 0.6) is 0 Å². The largest absolute Gasteiger partial charge is 0.416 e. The fraction of sp³-hybridized carbons (Fsp3) is 0.241. The van der Waals surface area contributed by atoms with E-state index in [1.807, 2.05) is 12.1 Å². The molecule has 0 spiro atoms. The minimum absolute atomic E-state index is 0.602. The Kier molecular flexibility index (Phi) is 5.50. The Morgan fingerprint density at radius 2 is 0.969 bits per heavy atom. The van der Waals surface area contributed by atoms with Gasteiger partial charge in [0.2, 0.25) is 0 Å². The fourth-order valence-corrected chi connectivity index (χ4v) is 5.15. The molecule has 0 atom stereocenters. The number of halogens is 3. The number of alkyl halides is 3. The molecule has 4 aromatic rings. The third kappa shape index (κ3) is 3.81. The van der Waals surface area contributed by atoms with E-state index in [0.29, 0.717) is 0 Å². The van der Waals surface area contributed by atoms with Crippen LogP contribution in [-0.4, -0.2) is 0 Å². The van der Waals surface area contributed by atoms with Crippen LogP contribution in [0.2, 0.25) is 0 Å². The predicted octanol–water partition coefficient (Wildman–Crippen LogP) is 8.85. The molecule has 0 radical (unpaired) electrons. The summed E-state index contributed by atoms with van der Waals surface area (Å²) in [5.41, 5.74) is 6.53. The average molecular weight is 431 g/mol. The third-order valence-electron chi connectivity index (χ3n) is 6.60. The minimum atomic E-state index is -4.33. The van der Waals surface area contributed by atoms with Crippen molar-refractivity contribution in [1.82, 2.24) is 0 Å². The highest BCUT2D eigenvalue weighted by atomic mass is 19.4. The monoisotopic (exact) mass is 430 g/mol. The van der Waals surface area contributed by atoms with Crippen LogP contribution in [0, 0.1) is 0 Å². The van der Waals surface area contributed by atoms with E-state index in [1.165, 1.54) is 52.6 Å². The van der Waals surface area contributed by atoms with Crippen molar-refractivity contribution in [3.05, 3.63) is 95.6 Å². The Morgan fingerprint density at radius 1 is 0.500 bits per heavy atom. The van der Waals surface area contributed by atoms with Crippen molar-refractivity contribution in [2.45, 2.75) is 44.7 Å². The molecule has 0 saturated carbocycles. The molecular weight excluding hydrogens is 405 g/mol. The van der Waals surface area contributed by atoms with Crippen molar-refractivity contribution in [3.8, 4) is 22.3 Å². The van der Waals surface area contributed by atoms with E-state index in [9.17, 15) is 13.2 Å². The molecule has 0 amide bonds. The van der Waals surface area contributed by atoms with Gasteiger partial charge < -0.3 is 0 Å². The molecule has 3 heteroatoms. The Hall–Kier alpha value is -3.07. The van der Waals surface area contributed by atoms with Crippen LogP contribution in [0.3, 0.4) is 0 Å². The topological polar surface area (TPSA) is 0 Å². The lowest BCUT2D eigenvalue weighted by Gasteiger charge is -2.25. The number of rotatable bonds is 2. The summed E-state index contributed by atoms with van der Waals surface area (Å²) >= 11 is 0. The van der Waals surface area contributed by atoms with E-state index in [1.54, 1.807) is 12.1 Å². The maximum atomic E-state index is 13.2. The Balaban J connectivity index is 1.83. The van der Waals surface area contributed by atoms with Gasteiger partial charge in [0.05, 0.1) is 5.56 Å². The van der Waals surface area contributed by atoms with Crippen LogP contribution in [-0.2, 0) is 19.0 Å². The van der Waals surface area contributed by atoms with Crippen molar-refractivity contribution >= 4 is 10.8 Å². The van der Waals surface area contributed by atoms with Crippen LogP contribution < -0.4 is 0 Å². The van der Waals surface area contributed by atoms with E-state index in [0.717, 1.165) is 42.2 Å². The molecule has 5 rings (SSSR count). The highest BCUT2D eigenvalue weighted by Crippen LogP contribution is 2.44. The first-order valence-corrected chi connectivity index (χ1v) is 11.3. The van der Waals surface area contributed by atoms with Crippen molar-refractivity contribution in [2.75, 3.05) is 0 Å². The van der Waals surface area contributed by atoms with Crippen LogP contribution in [0.1, 0.15) is 42.4 Å². The molecule has 0 fully saturated rings. The number of hydrogen-bond donors (Lipinski definition) is 0. The second-order valence-electron chi connectivity index (χ2n) is 8.61. The lowest BCUT2D eigenvalue weighted by molar-refractivity contribution is -0.137. The summed E-state index contributed by atoms with van der Waals surface area (Å²) in [5.74, 6) is 0. The molecule has 0 nitrogen and oxygen atoms in total. The van der Waals surface area contributed by atoms with Gasteiger partial charge in [-0.3, -0.25) is 0 Å². The highest BCUT2D eigenvalue weighted by molar-refractivity contribution is 6.08. The van der Waals surface area contributed by atoms with Crippen LogP contribution in [0.15, 0.2) is 78.9 Å². The van der Waals surface area contributed by atoms with Crippen LogP contribution in [0.4, 0.5) is 13.2 Å². The molecule has 0 unspecified atom stereocenters. The Morgan fingerprint density at radius 3 is 1.47 bits per heavy atom. The molecule has 0 bridgehead atoms. The fourth-order valence-electron chi connectivity index (χ4n) is 5.15. The second-order valence-corrected chi connectivity index (χ2v) is 8.61. The molecule has 162 valence electrons. The van der Waals surface area contributed by atoms with Gasteiger partial charge in [-0.15, -0.1) is 0 Å². The van der Waals surface area contributed by atoms with Crippen molar-refractivity contribution in [3.63, 3.8) is 0 Å². The lowest BCUT2D eigenvalue weighted by Crippen LogP contribution is -2.07. The molecule has 1 aliphatic carbocycles. The van der Waals surface area contributed by atoms with Crippen molar-refractivity contribution in [2.24, 2.45) is 0 Å². The smallest absolute Gasteiger partial charge is 0.166 e. The standard InChI is InChI=1S/C29H25F3/c30-29(31,32)22-18-16-21(17-19-22)28-24-13-7-2-1-6-12-23(24)27(20-10-4-3-5-11-20)25-14-8-9-15-26(25)28/h3-5,8-11,14-19H,1-2,6-7,12-13H2. The van der Waals surface area contributed by atoms with E-state index in [4.69, 9.17) is 0 Å². The summed E-state index contributed by atoms with van der Waals surface area (Å²) in [6.45, 7) is 0. The van der Waals surface area contributed by atoms with Crippen molar-refractivity contribution < 1.29 is 13.2 Å². The first kappa shape index (κ1) is 20.8. The summed E-state index contributed by atoms with van der Waals surface area (Å²) in [6, 6.07) is 24.6. The van der Waals surface area contributed by atoms with E-state index < -0.39 is 11.7 Å². The third-order valence-corrected chi connectivity index (χ3v) is 6.60. The normalized spacial score (nSPS) is 14.6. The first-order chi connectivity index (χ1) is 15.5. The maximum absolute atomic E-state index is 13.2. The molecule has 1 aliphatic rings. The van der Waals surface area contributed by atoms with Gasteiger partial charge in [0, 0.05) is 0 Å². The zero-order chi connectivity index (χ0) is 22.1. The molecular formula is C29H25F3. The minimum Gasteiger partial charge on any atom is -0.166 e. The molecule has 4 aromatic carbocycles. The number of benzene rings is 4. The quantitative estimate of drug-likeness (QED) is 0.298. The highest BCUT2D eigenvalue weighted by Gasteiger charge is 2.30. The van der Waals surface area contributed by atoms with Gasteiger partial charge >= 0.3 is 6.18 Å². The van der Waals surface area contributed by atoms with Gasteiger partial charge in [-0.1, -0.05) is 79.6 Å². The zero-order valence-corrected chi connectivity index (χ0v) is 17.9. The predicted molar refractivity (Wildman–Crippen MR) is 126 cm³/mol. The summed E-state index contributed by atoms with van der Waals surface area (Å²) < 4.78 is 39.6. The van der Waals surface area contributed by atoms with E-state index in [-0.39, 0.29) is 0 Å². The van der Waals surface area contributed by atoms with Gasteiger partial charge in [0.15, 0.2) is 0 Å². The van der Waals surface area contributed by atoms with Gasteiger partial charge in [-0.2, -0.15) is 13.2 Å². The van der Waals surface area contributed by atoms with Gasteiger partial charge in [-0.25, -0.2) is 0 Å². The first-order valence-electron chi connectivity index (χ1n) is 11.3. The van der Waals surface area contributed by atoms with Crippen LogP contribution in [0.25, 0.3) is 33.0 Å². The van der Waals surface area contributed by atoms with Crippen LogP contribution >= 0.6 is 0 Å². The number of hydrogen-bond acceptors (Lipinski definition) is 0. The van der Waals surface area contributed by atoms with Gasteiger partial charge in [-0.05, 0) is 82.0 Å². The molecule has 0 N–H and O–H groups in total. The number of fused-ring (bicyclic) bond motifs is 2. The average Bonchev–Trinajstić information content (AvgIpc) is 2.78. The molecule has 0 aliphatic heterocycles. The zero-order valence-electron chi connectivity index (χ0n) is 17.9. The summed E-state index contributed by atoms with van der Waals surface area (Å²) in [4.78, 5) is 0. The van der Waals surface area contributed by atoms with Gasteiger partial charge in [0.25, 0.3) is 0 Å². The Bertz CT molecular complexity index is 1240. The molecule has 0 heterocycles. The summed E-state index contributed by atoms with van der Waals surface area (Å²) in [7, 11) is 0. The second kappa shape index (κ2) is 8.46. The van der Waals surface area contributed by atoms with E-state index in [2.05, 4.69) is 42.5 Å². The Labute approximate surface area is 186 Å². The maximum Gasteiger partial charge on any atom is 0.416 e. The molecule has 0 aromatic heterocycles. The van der Waals surface area contributed by atoms with Crippen molar-refractivity contribution in [1.29, 1.82) is 0 Å². The summed E-state index contributed by atoms with van der Waals surface area (Å²) in [6.07, 6.45) is 2.28. The molecule has 0 saturated heterocycles. The SMILES string of the molecule is FC(F)(F)c1ccc(-c2c3c(c(-c4ccccc4)c4ccccc24)CCCCCC3)cc1. The lowest BCUT2D eigenvalue weighted by atomic mass is 9.79. The van der Waals surface area contributed by atoms with Gasteiger partial charge in [0.1, 0.15) is 0 Å².